The fourth-order valence-corrected chi connectivity index (χ4v) is 2.02. The minimum Gasteiger partial charge on any atom is -0.459 e. The lowest BCUT2D eigenvalue weighted by Crippen LogP contribution is -2.09. The van der Waals surface area contributed by atoms with Crippen molar-refractivity contribution in [1.82, 2.24) is 0 Å². The first-order chi connectivity index (χ1) is 10.2. The molecule has 0 unspecified atom stereocenters. The van der Waals surface area contributed by atoms with Crippen molar-refractivity contribution in [3.8, 4) is 0 Å². The number of ether oxygens (including phenoxy) is 1. The molecule has 3 aromatic rings. The van der Waals surface area contributed by atoms with Crippen LogP contribution in [0.15, 0.2) is 62.4 Å². The fourth-order valence-electron chi connectivity index (χ4n) is 2.02. The van der Waals surface area contributed by atoms with E-state index in [4.69, 9.17) is 13.6 Å². The Morgan fingerprint density at radius 1 is 1.14 bits per heavy atom. The van der Waals surface area contributed by atoms with Crippen LogP contribution in [0.25, 0.3) is 10.8 Å². The first-order valence-corrected chi connectivity index (χ1v) is 6.46. The van der Waals surface area contributed by atoms with Crippen molar-refractivity contribution in [2.24, 2.45) is 0 Å². The molecule has 0 atom stereocenters. The molecule has 0 spiro atoms. The first kappa shape index (κ1) is 13.2. The molecule has 106 valence electrons. The van der Waals surface area contributed by atoms with Gasteiger partial charge in [0.2, 0.25) is 5.76 Å². The minimum absolute atomic E-state index is 0.112. The van der Waals surface area contributed by atoms with E-state index in [0.717, 1.165) is 5.39 Å². The molecule has 0 saturated heterocycles. The second-order valence-electron chi connectivity index (χ2n) is 4.45. The van der Waals surface area contributed by atoms with E-state index in [9.17, 15) is 9.59 Å². The van der Waals surface area contributed by atoms with E-state index in [1.54, 1.807) is 24.3 Å². The maximum absolute atomic E-state index is 11.8. The highest BCUT2D eigenvalue weighted by Crippen LogP contribution is 2.12. The van der Waals surface area contributed by atoms with E-state index >= 15 is 0 Å². The van der Waals surface area contributed by atoms with Crippen LogP contribution in [0.4, 0.5) is 0 Å². The van der Waals surface area contributed by atoms with Crippen LogP contribution in [0.1, 0.15) is 16.3 Å². The predicted molar refractivity (Wildman–Crippen MR) is 75.2 cm³/mol. The number of fused-ring (bicyclic) bond motifs is 1. The normalized spacial score (nSPS) is 10.7. The molecular formula is C16H12O5. The highest BCUT2D eigenvalue weighted by atomic mass is 16.5. The summed E-state index contributed by atoms with van der Waals surface area (Å²) in [5.41, 5.74) is -0.388. The van der Waals surface area contributed by atoms with Gasteiger partial charge in [-0.3, -0.25) is 0 Å². The molecule has 0 aliphatic heterocycles. The lowest BCUT2D eigenvalue weighted by atomic mass is 10.1. The van der Waals surface area contributed by atoms with Gasteiger partial charge in [0.05, 0.1) is 18.3 Å². The molecule has 0 fully saturated rings. The second-order valence-corrected chi connectivity index (χ2v) is 4.45. The molecule has 5 heteroatoms. The third-order valence-corrected chi connectivity index (χ3v) is 3.02. The Morgan fingerprint density at radius 3 is 2.81 bits per heavy atom. The van der Waals surface area contributed by atoms with E-state index < -0.39 is 5.97 Å². The molecule has 0 N–H and O–H groups in total. The van der Waals surface area contributed by atoms with Gasteiger partial charge in [0, 0.05) is 6.42 Å². The minimum atomic E-state index is -0.539. The number of esters is 1. The quantitative estimate of drug-likeness (QED) is 0.689. The molecule has 2 heterocycles. The Balaban J connectivity index is 1.68. The molecular weight excluding hydrogens is 272 g/mol. The van der Waals surface area contributed by atoms with Crippen LogP contribution in [0.3, 0.4) is 0 Å². The number of furan rings is 1. The molecule has 0 bridgehead atoms. The summed E-state index contributed by atoms with van der Waals surface area (Å²) in [7, 11) is 0. The van der Waals surface area contributed by atoms with E-state index in [1.165, 1.54) is 12.3 Å². The zero-order valence-corrected chi connectivity index (χ0v) is 11.1. The van der Waals surface area contributed by atoms with Gasteiger partial charge in [-0.1, -0.05) is 18.2 Å². The summed E-state index contributed by atoms with van der Waals surface area (Å²) in [6.07, 6.45) is 1.73. The molecule has 3 rings (SSSR count). The standard InChI is InChI=1S/C16H12O5/c17-15-13-5-2-1-4-11(13)10-12(21-15)7-9-20-16(18)14-6-3-8-19-14/h1-6,8,10H,7,9H2. The topological polar surface area (TPSA) is 69.7 Å². The van der Waals surface area contributed by atoms with Gasteiger partial charge >= 0.3 is 11.6 Å². The van der Waals surface area contributed by atoms with Gasteiger partial charge in [-0.15, -0.1) is 0 Å². The highest BCUT2D eigenvalue weighted by Gasteiger charge is 2.10. The van der Waals surface area contributed by atoms with Gasteiger partial charge in [0.25, 0.3) is 0 Å². The Hall–Kier alpha value is -2.82. The Kier molecular flexibility index (Phi) is 3.55. The third-order valence-electron chi connectivity index (χ3n) is 3.02. The molecule has 21 heavy (non-hydrogen) atoms. The highest BCUT2D eigenvalue weighted by molar-refractivity contribution is 5.86. The van der Waals surface area contributed by atoms with Crippen molar-refractivity contribution < 1.29 is 18.4 Å². The van der Waals surface area contributed by atoms with Gasteiger partial charge in [-0.25, -0.2) is 9.59 Å². The summed E-state index contributed by atoms with van der Waals surface area (Å²) in [6.45, 7) is 0.112. The number of hydrogen-bond donors (Lipinski definition) is 0. The largest absolute Gasteiger partial charge is 0.459 e. The van der Waals surface area contributed by atoms with Gasteiger partial charge in [0.1, 0.15) is 5.76 Å². The number of rotatable bonds is 4. The van der Waals surface area contributed by atoms with Crippen molar-refractivity contribution in [2.45, 2.75) is 6.42 Å². The molecule has 0 saturated carbocycles. The summed E-state index contributed by atoms with van der Waals surface area (Å²) >= 11 is 0. The van der Waals surface area contributed by atoms with Crippen LogP contribution in [0, 0.1) is 0 Å². The molecule has 0 radical (unpaired) electrons. The summed E-state index contributed by atoms with van der Waals surface area (Å²) in [5.74, 6) is 0.0871. The second kappa shape index (κ2) is 5.66. The molecule has 0 amide bonds. The summed E-state index contributed by atoms with van der Waals surface area (Å²) in [4.78, 5) is 23.4. The lowest BCUT2D eigenvalue weighted by molar-refractivity contribution is 0.0468. The lowest BCUT2D eigenvalue weighted by Gasteiger charge is -2.03. The number of benzene rings is 1. The molecule has 0 aliphatic rings. The number of carbonyl (C=O) groups is 1. The van der Waals surface area contributed by atoms with Gasteiger partial charge in [0.15, 0.2) is 0 Å². The van der Waals surface area contributed by atoms with Crippen LogP contribution in [0.5, 0.6) is 0 Å². The molecule has 1 aromatic carbocycles. The average molecular weight is 284 g/mol. The van der Waals surface area contributed by atoms with Gasteiger partial charge in [-0.2, -0.15) is 0 Å². The van der Waals surface area contributed by atoms with Gasteiger partial charge < -0.3 is 13.6 Å². The smallest absolute Gasteiger partial charge is 0.374 e. The Morgan fingerprint density at radius 2 is 2.00 bits per heavy atom. The molecule has 5 nitrogen and oxygen atoms in total. The van der Waals surface area contributed by atoms with E-state index in [-0.39, 0.29) is 18.0 Å². The zero-order valence-electron chi connectivity index (χ0n) is 11.1. The predicted octanol–water partition coefficient (Wildman–Crippen LogP) is 2.79. The van der Waals surface area contributed by atoms with E-state index in [2.05, 4.69) is 0 Å². The Bertz CT molecular complexity index is 814. The maximum atomic E-state index is 11.8. The van der Waals surface area contributed by atoms with Crippen molar-refractivity contribution in [2.75, 3.05) is 6.61 Å². The average Bonchev–Trinajstić information content (AvgIpc) is 3.01. The SMILES string of the molecule is O=C(OCCc1cc2ccccc2c(=O)o1)c1ccco1. The van der Waals surface area contributed by atoms with Crippen molar-refractivity contribution in [3.63, 3.8) is 0 Å². The van der Waals surface area contributed by atoms with Crippen molar-refractivity contribution >= 4 is 16.7 Å². The molecule has 0 aliphatic carbocycles. The number of hydrogen-bond acceptors (Lipinski definition) is 5. The van der Waals surface area contributed by atoms with E-state index in [0.29, 0.717) is 17.6 Å². The Labute approximate surface area is 119 Å². The van der Waals surface area contributed by atoms with Crippen molar-refractivity contribution in [3.05, 3.63) is 70.7 Å². The fraction of sp³-hybridized carbons (Fsp3) is 0.125. The van der Waals surface area contributed by atoms with Crippen LogP contribution in [-0.4, -0.2) is 12.6 Å². The monoisotopic (exact) mass is 284 g/mol. The number of carbonyl (C=O) groups excluding carboxylic acids is 1. The van der Waals surface area contributed by atoms with Crippen LogP contribution in [0.2, 0.25) is 0 Å². The summed E-state index contributed by atoms with van der Waals surface area (Å²) < 4.78 is 15.2. The maximum Gasteiger partial charge on any atom is 0.374 e. The summed E-state index contributed by atoms with van der Waals surface area (Å²) in [5, 5.41) is 1.34. The van der Waals surface area contributed by atoms with Crippen molar-refractivity contribution in [1.29, 1.82) is 0 Å². The van der Waals surface area contributed by atoms with Crippen LogP contribution < -0.4 is 5.63 Å². The molecule has 2 aromatic heterocycles. The van der Waals surface area contributed by atoms with Crippen LogP contribution in [-0.2, 0) is 11.2 Å². The zero-order chi connectivity index (χ0) is 14.7. The summed E-state index contributed by atoms with van der Waals surface area (Å²) in [6, 6.07) is 12.1. The first-order valence-electron chi connectivity index (χ1n) is 6.46. The van der Waals surface area contributed by atoms with Gasteiger partial charge in [-0.05, 0) is 29.7 Å². The van der Waals surface area contributed by atoms with Crippen LogP contribution >= 0.6 is 0 Å². The third kappa shape index (κ3) is 2.86. The van der Waals surface area contributed by atoms with E-state index in [1.807, 2.05) is 12.1 Å².